The average molecular weight is 1860 g/mol. The van der Waals surface area contributed by atoms with Crippen molar-refractivity contribution in [3.63, 3.8) is 0 Å². The number of nitrogens with zero attached hydrogens (tertiary/aromatic N) is 6. The zero-order valence-corrected chi connectivity index (χ0v) is 76.7. The van der Waals surface area contributed by atoms with Crippen LogP contribution in [0.1, 0.15) is 49.7 Å². The minimum absolute atomic E-state index is 0.0368. The van der Waals surface area contributed by atoms with Crippen molar-refractivity contribution in [3.05, 3.63) is 518 Å². The fraction of sp³-hybridized carbons (Fsp3) is 0.0303. The second-order valence-electron chi connectivity index (χ2n) is 35.7. The van der Waals surface area contributed by atoms with E-state index >= 15 is 8.78 Å². The monoisotopic (exact) mass is 1850 g/mol. The van der Waals surface area contributed by atoms with Gasteiger partial charge in [0.25, 0.3) is 0 Å². The molecule has 0 bridgehead atoms. The third kappa shape index (κ3) is 14.9. The van der Waals surface area contributed by atoms with E-state index in [4.69, 9.17) is 21.9 Å². The van der Waals surface area contributed by atoms with E-state index in [9.17, 15) is 14.3 Å². The van der Waals surface area contributed by atoms with Crippen LogP contribution >= 0.6 is 0 Å². The summed E-state index contributed by atoms with van der Waals surface area (Å²) in [4.78, 5) is 7.00. The van der Waals surface area contributed by atoms with Crippen molar-refractivity contribution in [2.24, 2.45) is 0 Å². The highest BCUT2D eigenvalue weighted by molar-refractivity contribution is 6.30. The molecule has 26 aromatic rings. The third-order valence-electron chi connectivity index (χ3n) is 27.0. The van der Waals surface area contributed by atoms with Crippen molar-refractivity contribution in [2.75, 3.05) is 19.6 Å². The number of fused-ring (bicyclic) bond motifs is 6. The summed E-state index contributed by atoms with van der Waals surface area (Å²) < 4.78 is 247. The summed E-state index contributed by atoms with van der Waals surface area (Å²) in [5.74, 6) is -2.27. The lowest BCUT2D eigenvalue weighted by molar-refractivity contribution is 0.627. The van der Waals surface area contributed by atoms with Crippen LogP contribution in [-0.4, -0.2) is 9.13 Å². The van der Waals surface area contributed by atoms with Gasteiger partial charge in [0, 0.05) is 99.7 Å². The Balaban J connectivity index is 0.000000164. The number of aryl methyl sites for hydroxylation is 4. The first-order chi connectivity index (χ1) is 78.0. The molecule has 0 fully saturated rings. The molecule has 0 saturated carbocycles. The van der Waals surface area contributed by atoms with Crippen molar-refractivity contribution in [1.29, 1.82) is 0 Å². The molecule has 676 valence electrons. The van der Waals surface area contributed by atoms with Crippen molar-refractivity contribution in [2.45, 2.75) is 27.7 Å². The van der Waals surface area contributed by atoms with Gasteiger partial charge in [-0.1, -0.05) is 301 Å². The summed E-state index contributed by atoms with van der Waals surface area (Å²) in [7, 11) is 0. The number of para-hydroxylation sites is 6. The van der Waals surface area contributed by atoms with E-state index in [0.29, 0.717) is 99.1 Å². The van der Waals surface area contributed by atoms with Crippen molar-refractivity contribution in [1.82, 2.24) is 9.13 Å². The van der Waals surface area contributed by atoms with Crippen LogP contribution in [0.15, 0.2) is 473 Å². The molecular formula is C132H90F4N6. The van der Waals surface area contributed by atoms with Gasteiger partial charge in [0.15, 0.2) is 0 Å². The number of halogens is 4. The Hall–Kier alpha value is -18.1. The molecule has 0 unspecified atom stereocenters. The Morgan fingerprint density at radius 2 is 0.507 bits per heavy atom. The molecule has 0 spiro atoms. The molecule has 142 heavy (non-hydrogen) atoms. The number of aromatic nitrogens is 2. The van der Waals surface area contributed by atoms with Crippen molar-refractivity contribution < 1.29 is 45.0 Å². The highest BCUT2D eigenvalue weighted by atomic mass is 19.1. The van der Waals surface area contributed by atoms with E-state index in [1.807, 2.05) is 270 Å². The Labute approximate surface area is 847 Å². The quantitative estimate of drug-likeness (QED) is 0.0631. The molecule has 26 rings (SSSR count). The van der Waals surface area contributed by atoms with E-state index in [1.54, 1.807) is 45.5 Å². The lowest BCUT2D eigenvalue weighted by Crippen LogP contribution is -2.14. The van der Waals surface area contributed by atoms with Crippen LogP contribution in [0.4, 0.5) is 85.8 Å². The van der Waals surface area contributed by atoms with E-state index in [-0.39, 0.29) is 69.7 Å². The van der Waals surface area contributed by atoms with Gasteiger partial charge in [0.1, 0.15) is 23.3 Å². The molecule has 0 aliphatic rings. The number of anilines is 12. The SMILES string of the molecule is [2H]c1c([2H])c([2H])c(-n2c3ccccc3c3cc(N(c4ccc(F)cc4)c4ccc5ccc6c(N(c7ccc(F)cc7)c7ccc8c(c7)c7ccccc7n8-c7c([2H])c([2H])c([2H])c([2H])c7[2H])ccc7ccc4c5c76)ccc32)c([2H])c1[2H].[2H]c1c([2H])c([2H])c(N(c2c(F)cc(-c3cccc(C)c3)cc2-c2cccc(C)c2)c2ccc3ccc4c(N(c5c(F)cc(-c6cccc(C)c6)cc5-c5cccc(C)c5)c5c([2H])c([2H])c([2H])c([2H])c5[2H])ccc5ccc2c3c54)c([2H])c1[2H]. The highest BCUT2D eigenvalue weighted by Crippen LogP contribution is 2.55. The Bertz CT molecular complexity index is 10100. The van der Waals surface area contributed by atoms with Crippen LogP contribution in [0, 0.1) is 51.0 Å². The molecule has 0 saturated heterocycles. The van der Waals surface area contributed by atoms with E-state index < -0.39 is 120 Å². The van der Waals surface area contributed by atoms with Crippen molar-refractivity contribution in [3.8, 4) is 55.9 Å². The van der Waals surface area contributed by atoms with Gasteiger partial charge in [-0.15, -0.1) is 0 Å². The number of rotatable bonds is 18. The van der Waals surface area contributed by atoms with Gasteiger partial charge in [-0.2, -0.15) is 0 Å². The second kappa shape index (κ2) is 35.2. The van der Waals surface area contributed by atoms with E-state index in [2.05, 4.69) is 46.2 Å². The van der Waals surface area contributed by atoms with Gasteiger partial charge in [-0.05, 0) is 298 Å². The topological polar surface area (TPSA) is 22.8 Å². The standard InChI is InChI=1S/C68H50F2N2.C64H40F2N4/c1-43-15-11-19-49(35-43)53-39-59(51-21-13-17-45(3)37-51)67(61(69)41-53)71(55-23-7-5-8-24-55)63-33-29-47-28-32-58-64(34-30-48-27-31-57(63)65(47)66(48)58)72(56-25-9-6-10-26-56)68-60(52-22-14-18-46(4)38-52)40-54(42-62(68)70)50-20-12-16-44(2)36-50;65-43-23-27-47(28-24-43)67(49-31-37-61-55(39-49)51-15-7-9-17-57(51)69(61)45-11-3-1-4-12-45)59-35-21-41-20-34-54-60(36-22-42-19-33-53(59)63(41)64(42)54)68(48-29-25-44(66)26-30-48)50-32-38-62-56(40-50)52-16-8-10-18-58(52)70(62)46-13-5-2-6-14-46/h5-42H,1-4H3;1-40H/i5D,6D,7D,8D,9D,10D,23D,24D,25D,26D;1D,2D,3D,4D,5D,6D,11D,12D,13D,14D. The zero-order valence-electron chi connectivity index (χ0n) is 96.7. The lowest BCUT2D eigenvalue weighted by Gasteiger charge is -2.31. The van der Waals surface area contributed by atoms with Gasteiger partial charge >= 0.3 is 0 Å². The summed E-state index contributed by atoms with van der Waals surface area (Å²) in [5.41, 5.74) is 15.0. The van der Waals surface area contributed by atoms with Gasteiger partial charge in [-0.3, -0.25) is 0 Å². The summed E-state index contributed by atoms with van der Waals surface area (Å²) in [6.07, 6.45) is 0. The molecule has 0 amide bonds. The first-order valence-corrected chi connectivity index (χ1v) is 46.4. The largest absolute Gasteiger partial charge is 0.310 e. The molecule has 24 aromatic carbocycles. The van der Waals surface area contributed by atoms with Gasteiger partial charge in [0.05, 0.1) is 83.6 Å². The fourth-order valence-electron chi connectivity index (χ4n) is 20.9. The van der Waals surface area contributed by atoms with Crippen LogP contribution in [0.5, 0.6) is 0 Å². The number of hydrogen-bond donors (Lipinski definition) is 0. The van der Waals surface area contributed by atoms with Gasteiger partial charge in [-0.25, -0.2) is 17.6 Å². The van der Waals surface area contributed by atoms with Crippen LogP contribution in [0.2, 0.25) is 0 Å². The Morgan fingerprint density at radius 3 is 0.852 bits per heavy atom. The first kappa shape index (κ1) is 66.4. The maximum atomic E-state index is 18.2. The third-order valence-corrected chi connectivity index (χ3v) is 27.0. The lowest BCUT2D eigenvalue weighted by atomic mass is 9.90. The smallest absolute Gasteiger partial charge is 0.148 e. The molecule has 0 atom stereocenters. The molecular weight excluding hydrogens is 1750 g/mol. The van der Waals surface area contributed by atoms with Crippen LogP contribution in [0.25, 0.3) is 164 Å². The Morgan fingerprint density at radius 1 is 0.211 bits per heavy atom. The normalized spacial score (nSPS) is 13.6. The molecule has 6 nitrogen and oxygen atoms in total. The first-order valence-electron chi connectivity index (χ1n) is 56.4. The summed E-state index contributed by atoms with van der Waals surface area (Å²) in [6.45, 7) is 7.74. The highest BCUT2D eigenvalue weighted by Gasteiger charge is 2.32. The Kier molecular flexibility index (Phi) is 16.4. The minimum atomic E-state index is -0.732. The van der Waals surface area contributed by atoms with Gasteiger partial charge in [0.2, 0.25) is 0 Å². The molecule has 0 radical (unpaired) electrons. The van der Waals surface area contributed by atoms with Crippen LogP contribution in [-0.2, 0) is 0 Å². The second-order valence-corrected chi connectivity index (χ2v) is 35.7. The zero-order chi connectivity index (χ0) is 113. The number of hydrogen-bond acceptors (Lipinski definition) is 4. The predicted octanol–water partition coefficient (Wildman–Crippen LogP) is 37.7. The van der Waals surface area contributed by atoms with Crippen LogP contribution < -0.4 is 19.6 Å². The maximum absolute atomic E-state index is 18.2. The predicted molar refractivity (Wildman–Crippen MR) is 588 cm³/mol. The molecule has 0 aliphatic heterocycles. The minimum Gasteiger partial charge on any atom is -0.310 e. The molecule has 0 N–H and O–H groups in total. The summed E-state index contributed by atoms with van der Waals surface area (Å²) in [5, 5.41) is 12.3. The van der Waals surface area contributed by atoms with Crippen LogP contribution in [0.3, 0.4) is 0 Å². The molecule has 10 heteroatoms. The molecule has 0 aliphatic carbocycles. The molecule has 2 aromatic heterocycles. The summed E-state index contributed by atoms with van der Waals surface area (Å²) in [6, 6.07) is 97.5. The molecule has 2 heterocycles. The number of benzene rings is 24. The van der Waals surface area contributed by atoms with E-state index in [0.717, 1.165) is 110 Å². The summed E-state index contributed by atoms with van der Waals surface area (Å²) >= 11 is 0. The van der Waals surface area contributed by atoms with Gasteiger partial charge < -0.3 is 28.7 Å². The average Bonchev–Trinajstić information content (AvgIpc) is 1.02. The van der Waals surface area contributed by atoms with Crippen molar-refractivity contribution >= 4 is 176 Å². The van der Waals surface area contributed by atoms with E-state index in [1.165, 1.54) is 46.2 Å². The maximum Gasteiger partial charge on any atom is 0.148 e. The fourth-order valence-corrected chi connectivity index (χ4v) is 20.9.